The minimum Gasteiger partial charge on any atom is -0.347 e. The first-order chi connectivity index (χ1) is 8.46. The second kappa shape index (κ2) is 6.18. The zero-order valence-electron chi connectivity index (χ0n) is 11.7. The Morgan fingerprint density at radius 1 is 1.28 bits per heavy atom. The normalized spacial score (nSPS) is 16.9. The maximum atomic E-state index is 12.5. The minimum absolute atomic E-state index is 0.0386. The molecule has 0 aliphatic heterocycles. The lowest BCUT2D eigenvalue weighted by atomic mass is 9.68. The van der Waals surface area contributed by atoms with Gasteiger partial charge in [-0.3, -0.25) is 9.59 Å². The molecule has 0 aromatic carbocycles. The molecule has 1 saturated carbocycles. The van der Waals surface area contributed by atoms with Crippen LogP contribution in [0.5, 0.6) is 0 Å². The first kappa shape index (κ1) is 15.0. The Kier molecular flexibility index (Phi) is 5.14. The molecule has 0 aromatic heterocycles. The van der Waals surface area contributed by atoms with Gasteiger partial charge in [0.25, 0.3) is 0 Å². The first-order valence-electron chi connectivity index (χ1n) is 6.66. The molecule has 1 aliphatic carbocycles. The number of nitrogens with two attached hydrogens (primary N) is 1. The summed E-state index contributed by atoms with van der Waals surface area (Å²) in [5.74, 6) is 0.0246. The van der Waals surface area contributed by atoms with E-state index < -0.39 is 0 Å². The van der Waals surface area contributed by atoms with E-state index in [0.29, 0.717) is 13.1 Å². The lowest BCUT2D eigenvalue weighted by Gasteiger charge is -2.42. The Balaban J connectivity index is 2.71. The van der Waals surface area contributed by atoms with Gasteiger partial charge in [0, 0.05) is 27.2 Å². The van der Waals surface area contributed by atoms with Gasteiger partial charge in [-0.05, 0) is 19.3 Å². The zero-order chi connectivity index (χ0) is 13.8. The molecule has 0 saturated heterocycles. The molecular formula is C13H25N3O2. The van der Waals surface area contributed by atoms with Crippen molar-refractivity contribution in [1.29, 1.82) is 0 Å². The summed E-state index contributed by atoms with van der Waals surface area (Å²) in [6, 6.07) is 0. The lowest BCUT2D eigenvalue weighted by molar-refractivity contribution is -0.150. The van der Waals surface area contributed by atoms with E-state index in [9.17, 15) is 9.59 Å². The molecule has 1 fully saturated rings. The van der Waals surface area contributed by atoms with Gasteiger partial charge in [-0.2, -0.15) is 0 Å². The largest absolute Gasteiger partial charge is 0.347 e. The summed E-state index contributed by atoms with van der Waals surface area (Å²) in [4.78, 5) is 27.5. The van der Waals surface area contributed by atoms with Crippen molar-refractivity contribution in [3.05, 3.63) is 0 Å². The molecule has 1 aliphatic rings. The molecule has 0 heterocycles. The third-order valence-electron chi connectivity index (χ3n) is 3.76. The molecule has 2 amide bonds. The van der Waals surface area contributed by atoms with Crippen LogP contribution < -0.4 is 5.73 Å². The Morgan fingerprint density at radius 3 is 2.22 bits per heavy atom. The van der Waals surface area contributed by atoms with Gasteiger partial charge in [-0.25, -0.2) is 0 Å². The third kappa shape index (κ3) is 3.02. The molecule has 1 rings (SSSR count). The van der Waals surface area contributed by atoms with Gasteiger partial charge in [0.05, 0.1) is 12.0 Å². The van der Waals surface area contributed by atoms with Gasteiger partial charge in [0.2, 0.25) is 11.8 Å². The number of amides is 2. The predicted molar refractivity (Wildman–Crippen MR) is 70.9 cm³/mol. The molecule has 104 valence electrons. The van der Waals surface area contributed by atoms with Gasteiger partial charge < -0.3 is 15.5 Å². The van der Waals surface area contributed by atoms with Crippen molar-refractivity contribution in [2.24, 2.45) is 11.1 Å². The molecule has 2 N–H and O–H groups in total. The number of carbonyl (C=O) groups is 2. The standard InChI is InChI=1S/C13H25N3O2/c1-4-8-16(9-11(17)15(2)3)12(18)13(10-14)6-5-7-13/h4-10,14H2,1-3H3. The number of likely N-dealkylation sites (N-methyl/N-ethyl adjacent to an activating group) is 1. The van der Waals surface area contributed by atoms with Crippen LogP contribution in [0.15, 0.2) is 0 Å². The molecule has 5 heteroatoms. The fraction of sp³-hybridized carbons (Fsp3) is 0.846. The molecule has 18 heavy (non-hydrogen) atoms. The zero-order valence-corrected chi connectivity index (χ0v) is 11.7. The van der Waals surface area contributed by atoms with E-state index in [0.717, 1.165) is 25.7 Å². The minimum atomic E-state index is -0.387. The van der Waals surface area contributed by atoms with Crippen molar-refractivity contribution in [3.63, 3.8) is 0 Å². The Labute approximate surface area is 109 Å². The van der Waals surface area contributed by atoms with E-state index in [1.165, 1.54) is 4.90 Å². The summed E-state index contributed by atoms with van der Waals surface area (Å²) in [6.07, 6.45) is 3.63. The predicted octanol–water partition coefficient (Wildman–Crippen LogP) is 0.442. The van der Waals surface area contributed by atoms with Crippen LogP contribution in [0.1, 0.15) is 32.6 Å². The van der Waals surface area contributed by atoms with E-state index in [2.05, 4.69) is 0 Å². The Morgan fingerprint density at radius 2 is 1.89 bits per heavy atom. The summed E-state index contributed by atoms with van der Waals surface area (Å²) < 4.78 is 0. The fourth-order valence-electron chi connectivity index (χ4n) is 2.27. The molecule has 0 atom stereocenters. The first-order valence-corrected chi connectivity index (χ1v) is 6.66. The number of rotatable bonds is 6. The summed E-state index contributed by atoms with van der Waals surface area (Å²) >= 11 is 0. The molecule has 0 unspecified atom stereocenters. The monoisotopic (exact) mass is 255 g/mol. The number of carbonyl (C=O) groups excluding carboxylic acids is 2. The number of hydrogen-bond donors (Lipinski definition) is 1. The quantitative estimate of drug-likeness (QED) is 0.749. The number of hydrogen-bond acceptors (Lipinski definition) is 3. The average molecular weight is 255 g/mol. The number of nitrogens with zero attached hydrogens (tertiary/aromatic N) is 2. The van der Waals surface area contributed by atoms with Crippen LogP contribution in [0, 0.1) is 5.41 Å². The SMILES string of the molecule is CCCN(CC(=O)N(C)C)C(=O)C1(CN)CCC1. The second-order valence-corrected chi connectivity index (χ2v) is 5.35. The highest BCUT2D eigenvalue weighted by atomic mass is 16.2. The van der Waals surface area contributed by atoms with Crippen molar-refractivity contribution in [1.82, 2.24) is 9.80 Å². The van der Waals surface area contributed by atoms with Gasteiger partial charge >= 0.3 is 0 Å². The smallest absolute Gasteiger partial charge is 0.241 e. The molecule has 0 bridgehead atoms. The maximum absolute atomic E-state index is 12.5. The van der Waals surface area contributed by atoms with Crippen molar-refractivity contribution in [3.8, 4) is 0 Å². The van der Waals surface area contributed by atoms with Gasteiger partial charge in [0.1, 0.15) is 0 Å². The van der Waals surface area contributed by atoms with E-state index in [-0.39, 0.29) is 23.8 Å². The third-order valence-corrected chi connectivity index (χ3v) is 3.76. The topological polar surface area (TPSA) is 66.6 Å². The maximum Gasteiger partial charge on any atom is 0.241 e. The highest BCUT2D eigenvalue weighted by Crippen LogP contribution is 2.41. The summed E-state index contributed by atoms with van der Waals surface area (Å²) in [6.45, 7) is 3.19. The van der Waals surface area contributed by atoms with E-state index in [1.807, 2.05) is 6.92 Å². The lowest BCUT2D eigenvalue weighted by Crippen LogP contribution is -2.54. The van der Waals surface area contributed by atoms with Gasteiger partial charge in [-0.15, -0.1) is 0 Å². The van der Waals surface area contributed by atoms with Crippen LogP contribution in [-0.4, -0.2) is 55.3 Å². The van der Waals surface area contributed by atoms with E-state index >= 15 is 0 Å². The van der Waals surface area contributed by atoms with Crippen LogP contribution in [-0.2, 0) is 9.59 Å². The highest BCUT2D eigenvalue weighted by Gasteiger charge is 2.45. The van der Waals surface area contributed by atoms with Crippen molar-refractivity contribution in [2.75, 3.05) is 33.7 Å². The molecule has 0 spiro atoms. The van der Waals surface area contributed by atoms with Crippen molar-refractivity contribution in [2.45, 2.75) is 32.6 Å². The molecule has 5 nitrogen and oxygen atoms in total. The van der Waals surface area contributed by atoms with Crippen LogP contribution in [0.3, 0.4) is 0 Å². The summed E-state index contributed by atoms with van der Waals surface area (Å²) in [7, 11) is 3.41. The van der Waals surface area contributed by atoms with Crippen LogP contribution in [0.4, 0.5) is 0 Å². The van der Waals surface area contributed by atoms with Crippen LogP contribution in [0.25, 0.3) is 0 Å². The molecular weight excluding hydrogens is 230 g/mol. The van der Waals surface area contributed by atoms with E-state index in [4.69, 9.17) is 5.73 Å². The van der Waals surface area contributed by atoms with Crippen molar-refractivity contribution < 1.29 is 9.59 Å². The fourth-order valence-corrected chi connectivity index (χ4v) is 2.27. The van der Waals surface area contributed by atoms with Crippen molar-refractivity contribution >= 4 is 11.8 Å². The van der Waals surface area contributed by atoms with Gasteiger partial charge in [-0.1, -0.05) is 13.3 Å². The second-order valence-electron chi connectivity index (χ2n) is 5.35. The molecule has 0 aromatic rings. The Hall–Kier alpha value is -1.10. The van der Waals surface area contributed by atoms with Crippen LogP contribution in [0.2, 0.25) is 0 Å². The Bertz CT molecular complexity index is 306. The highest BCUT2D eigenvalue weighted by molar-refractivity contribution is 5.88. The van der Waals surface area contributed by atoms with E-state index in [1.54, 1.807) is 19.0 Å². The van der Waals surface area contributed by atoms with Gasteiger partial charge in [0.15, 0.2) is 0 Å². The average Bonchev–Trinajstić information content (AvgIpc) is 2.27. The van der Waals surface area contributed by atoms with Crippen LogP contribution >= 0.6 is 0 Å². The molecule has 0 radical (unpaired) electrons. The summed E-state index contributed by atoms with van der Waals surface area (Å²) in [5, 5.41) is 0. The summed E-state index contributed by atoms with van der Waals surface area (Å²) in [5.41, 5.74) is 5.36.